The van der Waals surface area contributed by atoms with Crippen LogP contribution in [-0.4, -0.2) is 102 Å². The minimum atomic E-state index is -0.435. The predicted octanol–water partition coefficient (Wildman–Crippen LogP) is 3.85. The number of amides is 3. The minimum absolute atomic E-state index is 0.0847. The Bertz CT molecular complexity index is 1680. The Balaban J connectivity index is 1.22. The van der Waals surface area contributed by atoms with Gasteiger partial charge >= 0.3 is 6.03 Å². The summed E-state index contributed by atoms with van der Waals surface area (Å²) in [6.45, 7) is 7.58. The Kier molecular flexibility index (Phi) is 11.3. The van der Waals surface area contributed by atoms with Gasteiger partial charge in [0.2, 0.25) is 0 Å². The molecule has 3 aliphatic heterocycles. The van der Waals surface area contributed by atoms with E-state index in [1.807, 2.05) is 30.0 Å². The van der Waals surface area contributed by atoms with Crippen molar-refractivity contribution >= 4 is 46.9 Å². The topological polar surface area (TPSA) is 118 Å². The van der Waals surface area contributed by atoms with Crippen LogP contribution in [0.25, 0.3) is 11.3 Å². The number of hydrogen-bond donors (Lipinski definition) is 3. The van der Waals surface area contributed by atoms with Gasteiger partial charge in [0.25, 0.3) is 5.91 Å². The molecule has 3 aromatic rings. The Labute approximate surface area is 289 Å². The number of nitrogens with two attached hydrogens (primary N) is 1. The van der Waals surface area contributed by atoms with E-state index < -0.39 is 6.03 Å². The number of carbonyl (C=O) groups excluding carboxylic acids is 2. The second kappa shape index (κ2) is 15.8. The number of carbonyl (C=O) groups is 2. The number of thioether (sulfide) groups is 1. The van der Waals surface area contributed by atoms with Crippen LogP contribution < -0.4 is 16.4 Å². The molecule has 2 saturated heterocycles. The van der Waals surface area contributed by atoms with Crippen LogP contribution in [0.1, 0.15) is 39.2 Å². The molecule has 3 amide bonds. The van der Waals surface area contributed by atoms with Crippen LogP contribution in [0.5, 0.6) is 0 Å². The van der Waals surface area contributed by atoms with Crippen LogP contribution in [0.15, 0.2) is 36.4 Å². The van der Waals surface area contributed by atoms with E-state index in [0.717, 1.165) is 61.7 Å². The van der Waals surface area contributed by atoms with E-state index in [-0.39, 0.29) is 12.0 Å². The first-order chi connectivity index (χ1) is 22.9. The number of benzene rings is 2. The molecule has 1 atom stereocenters. The number of aryl methyl sites for hydroxylation is 1. The fourth-order valence-electron chi connectivity index (χ4n) is 6.10. The fourth-order valence-corrected chi connectivity index (χ4v) is 7.45. The normalized spacial score (nSPS) is 18.3. The second-order valence-electron chi connectivity index (χ2n) is 11.9. The zero-order chi connectivity index (χ0) is 32.8. The van der Waals surface area contributed by atoms with Crippen LogP contribution in [0.3, 0.4) is 0 Å². The molecular weight excluding hydrogens is 657 g/mol. The molecule has 0 aliphatic carbocycles. The summed E-state index contributed by atoms with van der Waals surface area (Å²) in [6, 6.07) is 10.4. The highest BCUT2D eigenvalue weighted by molar-refractivity contribution is 7.99. The molecular formula is C34H39Cl2N7O3S. The summed E-state index contributed by atoms with van der Waals surface area (Å²) < 4.78 is 7.78. The maximum absolute atomic E-state index is 12.9. The number of morpholine rings is 1. The van der Waals surface area contributed by atoms with Gasteiger partial charge in [-0.25, -0.2) is 4.79 Å². The number of fused-ring (bicyclic) bond motifs is 1. The Hall–Kier alpha value is -3.24. The van der Waals surface area contributed by atoms with Gasteiger partial charge in [-0.1, -0.05) is 41.1 Å². The first kappa shape index (κ1) is 33.7. The molecule has 2 aromatic carbocycles. The number of aromatic nitrogens is 2. The van der Waals surface area contributed by atoms with Crippen molar-refractivity contribution in [3.63, 3.8) is 0 Å². The van der Waals surface area contributed by atoms with Gasteiger partial charge in [-0.15, -0.1) is 0 Å². The Morgan fingerprint density at radius 3 is 2.70 bits per heavy atom. The molecule has 1 unspecified atom stereocenters. The fraction of sp³-hybridized carbons (Fsp3) is 0.441. The lowest BCUT2D eigenvalue weighted by molar-refractivity contribution is 0.0287. The van der Waals surface area contributed by atoms with E-state index in [1.165, 1.54) is 11.5 Å². The van der Waals surface area contributed by atoms with Crippen LogP contribution in [0.2, 0.25) is 10.0 Å². The summed E-state index contributed by atoms with van der Waals surface area (Å²) in [5, 5.41) is 12.1. The maximum atomic E-state index is 12.9. The third-order valence-corrected chi connectivity index (χ3v) is 10.3. The number of rotatable bonds is 8. The van der Waals surface area contributed by atoms with Crippen LogP contribution in [0, 0.1) is 11.8 Å². The van der Waals surface area contributed by atoms with E-state index in [0.29, 0.717) is 65.9 Å². The lowest BCUT2D eigenvalue weighted by Crippen LogP contribution is -2.45. The number of nitrogens with zero attached hydrogens (tertiary/aromatic N) is 4. The highest BCUT2D eigenvalue weighted by atomic mass is 35.5. The maximum Gasteiger partial charge on any atom is 0.315 e. The molecule has 2 fully saturated rings. The molecule has 0 saturated carbocycles. The minimum Gasteiger partial charge on any atom is -0.374 e. The number of halogens is 2. The first-order valence-electron chi connectivity index (χ1n) is 16.0. The smallest absolute Gasteiger partial charge is 0.315 e. The van der Waals surface area contributed by atoms with Crippen molar-refractivity contribution in [2.45, 2.75) is 32.0 Å². The van der Waals surface area contributed by atoms with E-state index in [1.54, 1.807) is 23.1 Å². The molecule has 0 bridgehead atoms. The molecule has 1 aromatic heterocycles. The molecule has 3 aliphatic rings. The quantitative estimate of drug-likeness (QED) is 0.307. The largest absolute Gasteiger partial charge is 0.374 e. The van der Waals surface area contributed by atoms with Gasteiger partial charge < -0.3 is 30.9 Å². The van der Waals surface area contributed by atoms with E-state index in [4.69, 9.17) is 38.8 Å². The van der Waals surface area contributed by atoms with Gasteiger partial charge in [0.05, 0.1) is 40.6 Å². The molecule has 47 heavy (non-hydrogen) atoms. The van der Waals surface area contributed by atoms with Gasteiger partial charge in [-0.3, -0.25) is 9.48 Å². The van der Waals surface area contributed by atoms with E-state index in [2.05, 4.69) is 32.1 Å². The molecule has 6 rings (SSSR count). The summed E-state index contributed by atoms with van der Waals surface area (Å²) in [6.07, 6.45) is 1.61. The van der Waals surface area contributed by atoms with Gasteiger partial charge in [-0.05, 0) is 43.3 Å². The van der Waals surface area contributed by atoms with Gasteiger partial charge in [0.15, 0.2) is 0 Å². The molecule has 4 heterocycles. The molecule has 4 N–H and O–H groups in total. The summed E-state index contributed by atoms with van der Waals surface area (Å²) in [4.78, 5) is 29.2. The summed E-state index contributed by atoms with van der Waals surface area (Å²) in [7, 11) is 0. The predicted molar refractivity (Wildman–Crippen MR) is 187 cm³/mol. The van der Waals surface area contributed by atoms with Crippen LogP contribution in [-0.2, 0) is 24.2 Å². The van der Waals surface area contributed by atoms with Crippen molar-refractivity contribution in [3.05, 3.63) is 74.4 Å². The van der Waals surface area contributed by atoms with Crippen molar-refractivity contribution in [1.82, 2.24) is 30.2 Å². The van der Waals surface area contributed by atoms with Crippen molar-refractivity contribution in [2.24, 2.45) is 5.73 Å². The summed E-state index contributed by atoms with van der Waals surface area (Å²) >= 11 is 15.0. The number of nitrogens with one attached hydrogen (secondary N) is 2. The van der Waals surface area contributed by atoms with Crippen molar-refractivity contribution < 1.29 is 14.3 Å². The molecule has 10 nitrogen and oxygen atoms in total. The van der Waals surface area contributed by atoms with E-state index >= 15 is 0 Å². The van der Waals surface area contributed by atoms with E-state index in [9.17, 15) is 9.59 Å². The van der Waals surface area contributed by atoms with Crippen molar-refractivity contribution in [1.29, 1.82) is 0 Å². The van der Waals surface area contributed by atoms with Crippen molar-refractivity contribution in [3.8, 4) is 23.1 Å². The highest BCUT2D eigenvalue weighted by Crippen LogP contribution is 2.32. The molecule has 0 radical (unpaired) electrons. The Morgan fingerprint density at radius 1 is 1.09 bits per heavy atom. The number of ether oxygens (including phenoxy) is 1. The Morgan fingerprint density at radius 2 is 1.91 bits per heavy atom. The average molecular weight is 697 g/mol. The highest BCUT2D eigenvalue weighted by Gasteiger charge is 2.27. The van der Waals surface area contributed by atoms with Crippen LogP contribution in [0.4, 0.5) is 4.79 Å². The first-order valence-corrected chi connectivity index (χ1v) is 17.9. The van der Waals surface area contributed by atoms with Gasteiger partial charge in [0, 0.05) is 91.7 Å². The lowest BCUT2D eigenvalue weighted by atomic mass is 9.99. The third-order valence-electron chi connectivity index (χ3n) is 8.68. The lowest BCUT2D eigenvalue weighted by Gasteiger charge is -2.27. The summed E-state index contributed by atoms with van der Waals surface area (Å²) in [5.41, 5.74) is 11.1. The summed E-state index contributed by atoms with van der Waals surface area (Å²) in [5.74, 6) is 8.42. The third kappa shape index (κ3) is 8.44. The van der Waals surface area contributed by atoms with Crippen molar-refractivity contribution in [2.75, 3.05) is 63.9 Å². The second-order valence-corrected chi connectivity index (χ2v) is 13.9. The van der Waals surface area contributed by atoms with Crippen LogP contribution >= 0.6 is 35.0 Å². The molecule has 13 heteroatoms. The number of primary amides is 1. The number of hydrogen-bond acceptors (Lipinski definition) is 7. The average Bonchev–Trinajstić information content (AvgIpc) is 3.46. The monoisotopic (exact) mass is 695 g/mol. The zero-order valence-electron chi connectivity index (χ0n) is 26.2. The standard InChI is InChI=1S/C34H39Cl2N7O3S/c35-29-7-5-25(19-24(29)4-2-23-3-6-30(36)27(18-23)33(44)39-21-26-20-38-9-15-46-26)32-28-22-42(34(37)45)12-8-31(28)43(40-32)11-1-10-41-13-16-47-17-14-41/h3,5-7,18-19,26,38H,1,8-17,20-22H2,(H2,37,45)(H,39,44). The number of urea groups is 1. The van der Waals surface area contributed by atoms with Gasteiger partial charge in [-0.2, -0.15) is 16.9 Å². The SMILES string of the molecule is NC(=O)N1CCc2c(c(-c3ccc(Cl)c(C#Cc4ccc(Cl)c(C(=O)NCC5CNCCO5)c4)c3)nn2CCCN2CCSCC2)C1. The molecule has 0 spiro atoms. The van der Waals surface area contributed by atoms with Gasteiger partial charge in [0.1, 0.15) is 0 Å². The molecule has 248 valence electrons. The zero-order valence-corrected chi connectivity index (χ0v) is 28.5.